The van der Waals surface area contributed by atoms with Gasteiger partial charge in [-0.2, -0.15) is 0 Å². The third-order valence-corrected chi connectivity index (χ3v) is 5.40. The summed E-state index contributed by atoms with van der Waals surface area (Å²) in [5.41, 5.74) is 1.56. The van der Waals surface area contributed by atoms with Gasteiger partial charge in [-0.1, -0.05) is 6.07 Å². The number of ether oxygens (including phenoxy) is 2. The summed E-state index contributed by atoms with van der Waals surface area (Å²) in [6, 6.07) is 8.51. The average molecular weight is 334 g/mol. The highest BCUT2D eigenvalue weighted by atomic mass is 32.2. The third-order valence-electron chi connectivity index (χ3n) is 3.64. The van der Waals surface area contributed by atoms with Crippen LogP contribution in [0.2, 0.25) is 0 Å². The largest absolute Gasteiger partial charge is 0.487 e. The van der Waals surface area contributed by atoms with Crippen LogP contribution >= 0.6 is 0 Å². The highest BCUT2D eigenvalue weighted by Crippen LogP contribution is 2.37. The van der Waals surface area contributed by atoms with Crippen LogP contribution in [0.25, 0.3) is 0 Å². The van der Waals surface area contributed by atoms with Crippen molar-refractivity contribution in [1.82, 2.24) is 4.98 Å². The van der Waals surface area contributed by atoms with Crippen LogP contribution in [0.5, 0.6) is 11.6 Å². The van der Waals surface area contributed by atoms with E-state index in [-0.39, 0.29) is 17.5 Å². The van der Waals surface area contributed by atoms with Gasteiger partial charge in [0.05, 0.1) is 25.5 Å². The molecule has 7 heteroatoms. The predicted octanol–water partition coefficient (Wildman–Crippen LogP) is 2.37. The lowest BCUT2D eigenvalue weighted by molar-refractivity contribution is 0.219. The maximum absolute atomic E-state index is 13.0. The van der Waals surface area contributed by atoms with E-state index in [9.17, 15) is 8.42 Å². The number of hydrogen-bond donors (Lipinski definition) is 0. The Morgan fingerprint density at radius 3 is 2.74 bits per heavy atom. The van der Waals surface area contributed by atoms with Gasteiger partial charge in [-0.05, 0) is 37.6 Å². The molecule has 1 aromatic heterocycles. The Morgan fingerprint density at radius 2 is 2.09 bits per heavy atom. The van der Waals surface area contributed by atoms with Crippen LogP contribution in [0.3, 0.4) is 0 Å². The first kappa shape index (κ1) is 15.6. The average Bonchev–Trinajstić information content (AvgIpc) is 2.53. The molecule has 1 aliphatic rings. The van der Waals surface area contributed by atoms with Gasteiger partial charge in [0.25, 0.3) is 10.0 Å². The Hall–Kier alpha value is -2.28. The fraction of sp³-hybridized carbons (Fsp3) is 0.312. The molecule has 1 aromatic carbocycles. The number of nitrogens with zero attached hydrogens (tertiary/aromatic N) is 2. The van der Waals surface area contributed by atoms with Crippen LogP contribution in [0.1, 0.15) is 12.5 Å². The standard InChI is InChI=1S/C16H18N2O4S/c1-11-4-6-14-15(8-11)22-12(2)10-18(14)23(19,20)13-5-7-16(21-3)17-9-13/h4-9,12H,10H2,1-3H3. The molecule has 2 heterocycles. The Balaban J connectivity index is 2.06. The summed E-state index contributed by atoms with van der Waals surface area (Å²) >= 11 is 0. The number of anilines is 1. The van der Waals surface area contributed by atoms with E-state index in [0.29, 0.717) is 17.3 Å². The lowest BCUT2D eigenvalue weighted by atomic mass is 10.2. The smallest absolute Gasteiger partial charge is 0.266 e. The number of aryl methyl sites for hydroxylation is 1. The maximum atomic E-state index is 13.0. The van der Waals surface area contributed by atoms with Crippen LogP contribution in [-0.4, -0.2) is 33.2 Å². The quantitative estimate of drug-likeness (QED) is 0.862. The zero-order valence-electron chi connectivity index (χ0n) is 13.2. The van der Waals surface area contributed by atoms with Crippen molar-refractivity contribution >= 4 is 15.7 Å². The van der Waals surface area contributed by atoms with Crippen LogP contribution in [0.4, 0.5) is 5.69 Å². The van der Waals surface area contributed by atoms with Crippen molar-refractivity contribution in [3.05, 3.63) is 42.1 Å². The van der Waals surface area contributed by atoms with Gasteiger partial charge in [0, 0.05) is 6.07 Å². The molecule has 1 unspecified atom stereocenters. The molecule has 0 radical (unpaired) electrons. The summed E-state index contributed by atoms with van der Waals surface area (Å²) in [5.74, 6) is 0.948. The number of pyridine rings is 1. The first-order valence-corrected chi connectivity index (χ1v) is 8.66. The predicted molar refractivity (Wildman–Crippen MR) is 86.6 cm³/mol. The zero-order valence-corrected chi connectivity index (χ0v) is 14.0. The van der Waals surface area contributed by atoms with Crippen molar-refractivity contribution in [2.75, 3.05) is 18.0 Å². The van der Waals surface area contributed by atoms with E-state index in [4.69, 9.17) is 9.47 Å². The number of hydrogen-bond acceptors (Lipinski definition) is 5. The Kier molecular flexibility index (Phi) is 3.89. The Labute approximate surface area is 135 Å². The molecule has 0 amide bonds. The van der Waals surface area contributed by atoms with Crippen molar-refractivity contribution in [2.45, 2.75) is 24.8 Å². The number of rotatable bonds is 3. The minimum absolute atomic E-state index is 0.124. The number of methoxy groups -OCH3 is 1. The molecule has 1 aliphatic heterocycles. The molecule has 1 atom stereocenters. The summed E-state index contributed by atoms with van der Waals surface area (Å²) < 4.78 is 38.1. The summed E-state index contributed by atoms with van der Waals surface area (Å²) in [6.07, 6.45) is 1.08. The Morgan fingerprint density at radius 1 is 1.30 bits per heavy atom. The minimum atomic E-state index is -3.71. The van der Waals surface area contributed by atoms with E-state index in [0.717, 1.165) is 5.56 Å². The van der Waals surface area contributed by atoms with Gasteiger partial charge in [0.1, 0.15) is 16.7 Å². The monoisotopic (exact) mass is 334 g/mol. The molecular formula is C16H18N2O4S. The highest BCUT2D eigenvalue weighted by Gasteiger charge is 2.33. The molecular weight excluding hydrogens is 316 g/mol. The van der Waals surface area contributed by atoms with Gasteiger partial charge >= 0.3 is 0 Å². The molecule has 0 bridgehead atoms. The fourth-order valence-corrected chi connectivity index (χ4v) is 4.00. The second-order valence-corrected chi connectivity index (χ2v) is 7.33. The van der Waals surface area contributed by atoms with Crippen molar-refractivity contribution in [1.29, 1.82) is 0 Å². The topological polar surface area (TPSA) is 68.7 Å². The van der Waals surface area contributed by atoms with Gasteiger partial charge in [0.15, 0.2) is 0 Å². The fourth-order valence-electron chi connectivity index (χ4n) is 2.50. The first-order valence-electron chi connectivity index (χ1n) is 7.22. The number of sulfonamides is 1. The second-order valence-electron chi connectivity index (χ2n) is 5.47. The second kappa shape index (κ2) is 5.73. The molecule has 23 heavy (non-hydrogen) atoms. The lowest BCUT2D eigenvalue weighted by Crippen LogP contribution is -2.42. The van der Waals surface area contributed by atoms with Gasteiger partial charge in [0.2, 0.25) is 5.88 Å². The summed E-state index contributed by atoms with van der Waals surface area (Å²) in [4.78, 5) is 4.11. The summed E-state index contributed by atoms with van der Waals surface area (Å²) in [5, 5.41) is 0. The lowest BCUT2D eigenvalue weighted by Gasteiger charge is -2.34. The minimum Gasteiger partial charge on any atom is -0.487 e. The molecule has 0 saturated carbocycles. The molecule has 3 rings (SSSR count). The van der Waals surface area contributed by atoms with Crippen molar-refractivity contribution in [3.63, 3.8) is 0 Å². The number of fused-ring (bicyclic) bond motifs is 1. The van der Waals surface area contributed by atoms with E-state index < -0.39 is 10.0 Å². The first-order chi connectivity index (χ1) is 10.9. The third kappa shape index (κ3) is 2.84. The SMILES string of the molecule is COc1ccc(S(=O)(=O)N2CC(C)Oc3cc(C)ccc32)cn1. The van der Waals surface area contributed by atoms with Gasteiger partial charge < -0.3 is 9.47 Å². The van der Waals surface area contributed by atoms with Crippen molar-refractivity contribution < 1.29 is 17.9 Å². The van der Waals surface area contributed by atoms with Crippen molar-refractivity contribution in [3.8, 4) is 11.6 Å². The normalized spacial score (nSPS) is 17.3. The molecule has 0 aliphatic carbocycles. The zero-order chi connectivity index (χ0) is 16.6. The van der Waals surface area contributed by atoms with Crippen LogP contribution < -0.4 is 13.8 Å². The highest BCUT2D eigenvalue weighted by molar-refractivity contribution is 7.92. The number of benzene rings is 1. The summed E-state index contributed by atoms with van der Waals surface area (Å²) in [7, 11) is -2.23. The molecule has 0 spiro atoms. The van der Waals surface area contributed by atoms with Crippen LogP contribution in [0.15, 0.2) is 41.4 Å². The van der Waals surface area contributed by atoms with Gasteiger partial charge in [-0.3, -0.25) is 4.31 Å². The summed E-state index contributed by atoms with van der Waals surface area (Å²) in [6.45, 7) is 4.04. The van der Waals surface area contributed by atoms with E-state index in [1.165, 1.54) is 29.7 Å². The van der Waals surface area contributed by atoms with E-state index in [1.807, 2.05) is 26.0 Å². The van der Waals surface area contributed by atoms with Crippen LogP contribution in [-0.2, 0) is 10.0 Å². The Bertz CT molecular complexity index is 818. The molecule has 122 valence electrons. The molecule has 2 aromatic rings. The molecule has 0 N–H and O–H groups in total. The van der Waals surface area contributed by atoms with Gasteiger partial charge in [-0.15, -0.1) is 0 Å². The van der Waals surface area contributed by atoms with E-state index in [1.54, 1.807) is 6.07 Å². The van der Waals surface area contributed by atoms with Gasteiger partial charge in [-0.25, -0.2) is 13.4 Å². The van der Waals surface area contributed by atoms with Crippen LogP contribution in [0, 0.1) is 6.92 Å². The maximum Gasteiger partial charge on any atom is 0.266 e. The molecule has 6 nitrogen and oxygen atoms in total. The van der Waals surface area contributed by atoms with E-state index >= 15 is 0 Å². The van der Waals surface area contributed by atoms with Crippen molar-refractivity contribution in [2.24, 2.45) is 0 Å². The number of aromatic nitrogens is 1. The van der Waals surface area contributed by atoms with E-state index in [2.05, 4.69) is 4.98 Å². The molecule has 0 fully saturated rings. The molecule has 0 saturated heterocycles.